The summed E-state index contributed by atoms with van der Waals surface area (Å²) in [6.45, 7) is -0.348. The van der Waals surface area contributed by atoms with Crippen molar-refractivity contribution in [2.45, 2.75) is 12.8 Å². The molecule has 0 spiro atoms. The quantitative estimate of drug-likeness (QED) is 0.266. The fourth-order valence-corrected chi connectivity index (χ4v) is 4.68. The molecule has 2 aromatic heterocycles. The van der Waals surface area contributed by atoms with E-state index < -0.39 is 5.97 Å². The number of methoxy groups -OCH3 is 3. The van der Waals surface area contributed by atoms with Gasteiger partial charge in [-0.05, 0) is 65.9 Å². The van der Waals surface area contributed by atoms with Gasteiger partial charge in [-0.25, -0.2) is 9.78 Å². The van der Waals surface area contributed by atoms with Gasteiger partial charge in [-0.2, -0.15) is 0 Å². The molecule has 1 N–H and O–H groups in total. The summed E-state index contributed by atoms with van der Waals surface area (Å²) in [6, 6.07) is 14.6. The molecule has 0 bridgehead atoms. The summed E-state index contributed by atoms with van der Waals surface area (Å²) in [4.78, 5) is 33.4. The Labute approximate surface area is 213 Å². The molecule has 0 atom stereocenters. The van der Waals surface area contributed by atoms with Crippen LogP contribution in [0.15, 0.2) is 54.7 Å². The summed E-state index contributed by atoms with van der Waals surface area (Å²) in [5.41, 5.74) is 4.92. The standard InChI is InChI=1S/C29H26N2O6/c1-34-24-14-17(15-25(35-2)28(24)36-3)13-18-10-11-20-26(19-7-4-5-8-21(19)31-27(18)20)29(33)37-16-23(32)22-9-6-12-30-22/h4-9,12-15,30H,10-11,16H2,1-3H3. The molecule has 8 heteroatoms. The maximum Gasteiger partial charge on any atom is 0.339 e. The smallest absolute Gasteiger partial charge is 0.339 e. The third kappa shape index (κ3) is 4.53. The molecule has 5 rings (SSSR count). The predicted molar refractivity (Wildman–Crippen MR) is 139 cm³/mol. The van der Waals surface area contributed by atoms with E-state index in [0.29, 0.717) is 52.3 Å². The number of nitrogens with zero attached hydrogens (tertiary/aromatic N) is 1. The van der Waals surface area contributed by atoms with Crippen molar-refractivity contribution in [1.29, 1.82) is 0 Å². The number of hydrogen-bond donors (Lipinski definition) is 1. The van der Waals surface area contributed by atoms with Gasteiger partial charge in [-0.1, -0.05) is 18.2 Å². The van der Waals surface area contributed by atoms with Crippen LogP contribution in [-0.4, -0.2) is 49.7 Å². The molecular formula is C29H26N2O6. The third-order valence-corrected chi connectivity index (χ3v) is 6.41. The minimum absolute atomic E-state index is 0.295. The first-order valence-corrected chi connectivity index (χ1v) is 11.8. The Hall–Kier alpha value is -4.59. The number of ether oxygens (including phenoxy) is 4. The SMILES string of the molecule is COc1cc(C=C2CCc3c2nc2ccccc2c3C(=O)OCC(=O)c2ccc[nH]2)cc(OC)c1OC. The molecule has 0 fully saturated rings. The van der Waals surface area contributed by atoms with E-state index in [1.54, 1.807) is 39.7 Å². The van der Waals surface area contributed by atoms with Crippen LogP contribution in [0, 0.1) is 0 Å². The molecule has 0 amide bonds. The Balaban J connectivity index is 1.54. The fraction of sp³-hybridized carbons (Fsp3) is 0.207. The molecule has 4 aromatic rings. The Morgan fingerprint density at radius 3 is 2.41 bits per heavy atom. The van der Waals surface area contributed by atoms with Crippen LogP contribution in [0.5, 0.6) is 17.2 Å². The maximum atomic E-state index is 13.3. The number of aromatic amines is 1. The summed E-state index contributed by atoms with van der Waals surface area (Å²) in [5, 5.41) is 0.701. The lowest BCUT2D eigenvalue weighted by Crippen LogP contribution is -2.16. The number of carbonyl (C=O) groups is 2. The van der Waals surface area contributed by atoms with Crippen LogP contribution >= 0.6 is 0 Å². The molecule has 8 nitrogen and oxygen atoms in total. The highest BCUT2D eigenvalue weighted by atomic mass is 16.5. The van der Waals surface area contributed by atoms with Crippen LogP contribution in [0.4, 0.5) is 0 Å². The van der Waals surface area contributed by atoms with E-state index in [9.17, 15) is 9.59 Å². The second-order valence-electron chi connectivity index (χ2n) is 8.54. The number of pyridine rings is 1. The average molecular weight is 499 g/mol. The maximum absolute atomic E-state index is 13.3. The number of ketones is 1. The number of para-hydroxylation sites is 1. The molecule has 0 radical (unpaired) electrons. The van der Waals surface area contributed by atoms with Gasteiger partial charge in [-0.15, -0.1) is 0 Å². The second kappa shape index (κ2) is 10.2. The van der Waals surface area contributed by atoms with E-state index in [2.05, 4.69) is 4.98 Å². The van der Waals surface area contributed by atoms with Crippen LogP contribution in [-0.2, 0) is 11.2 Å². The van der Waals surface area contributed by atoms with Crippen molar-refractivity contribution < 1.29 is 28.5 Å². The predicted octanol–water partition coefficient (Wildman–Crippen LogP) is 5.12. The van der Waals surface area contributed by atoms with Crippen molar-refractivity contribution in [2.75, 3.05) is 27.9 Å². The molecule has 0 saturated carbocycles. The van der Waals surface area contributed by atoms with Crippen molar-refractivity contribution >= 4 is 34.3 Å². The Kier molecular flexibility index (Phi) is 6.64. The first kappa shape index (κ1) is 24.1. The minimum atomic E-state index is -0.538. The van der Waals surface area contributed by atoms with Crippen molar-refractivity contribution in [3.8, 4) is 17.2 Å². The average Bonchev–Trinajstić information content (AvgIpc) is 3.60. The number of H-pyrrole nitrogens is 1. The molecule has 0 saturated heterocycles. The number of rotatable bonds is 8. The topological polar surface area (TPSA) is 99.7 Å². The van der Waals surface area contributed by atoms with E-state index in [-0.39, 0.29) is 12.4 Å². The van der Waals surface area contributed by atoms with Gasteiger partial charge < -0.3 is 23.9 Å². The Bertz CT molecular complexity index is 1500. The van der Waals surface area contributed by atoms with E-state index in [4.69, 9.17) is 23.9 Å². The number of Topliss-reactive ketones (excluding diaryl/α,β-unsaturated/α-hetero) is 1. The third-order valence-electron chi connectivity index (χ3n) is 6.41. The van der Waals surface area contributed by atoms with Gasteiger partial charge in [0, 0.05) is 11.6 Å². The summed E-state index contributed by atoms with van der Waals surface area (Å²) in [5.74, 6) is 0.783. The molecule has 1 aliphatic carbocycles. The minimum Gasteiger partial charge on any atom is -0.493 e. The van der Waals surface area contributed by atoms with Crippen molar-refractivity contribution in [2.24, 2.45) is 0 Å². The zero-order valence-corrected chi connectivity index (χ0v) is 20.8. The van der Waals surface area contributed by atoms with Gasteiger partial charge in [-0.3, -0.25) is 4.79 Å². The van der Waals surface area contributed by atoms with Crippen molar-refractivity contribution in [3.05, 3.63) is 82.8 Å². The lowest BCUT2D eigenvalue weighted by atomic mass is 10.0. The molecular weight excluding hydrogens is 472 g/mol. The van der Waals surface area contributed by atoms with Crippen molar-refractivity contribution in [1.82, 2.24) is 9.97 Å². The van der Waals surface area contributed by atoms with Gasteiger partial charge in [0.15, 0.2) is 18.1 Å². The van der Waals surface area contributed by atoms with Gasteiger partial charge in [0.2, 0.25) is 11.5 Å². The van der Waals surface area contributed by atoms with Crippen LogP contribution in [0.1, 0.15) is 44.1 Å². The monoisotopic (exact) mass is 498 g/mol. The lowest BCUT2D eigenvalue weighted by molar-refractivity contribution is 0.0474. The van der Waals surface area contributed by atoms with Crippen LogP contribution in [0.25, 0.3) is 22.6 Å². The number of benzene rings is 2. The largest absolute Gasteiger partial charge is 0.493 e. The molecule has 37 heavy (non-hydrogen) atoms. The second-order valence-corrected chi connectivity index (χ2v) is 8.54. The van der Waals surface area contributed by atoms with Gasteiger partial charge >= 0.3 is 5.97 Å². The lowest BCUT2D eigenvalue weighted by Gasteiger charge is -2.14. The number of carbonyl (C=O) groups excluding carboxylic acids is 2. The van der Waals surface area contributed by atoms with Gasteiger partial charge in [0.1, 0.15) is 0 Å². The molecule has 188 valence electrons. The summed E-state index contributed by atoms with van der Waals surface area (Å²) < 4.78 is 21.9. The highest BCUT2D eigenvalue weighted by molar-refractivity contribution is 6.08. The van der Waals surface area contributed by atoms with E-state index in [1.807, 2.05) is 42.5 Å². The number of allylic oxidation sites excluding steroid dienone is 1. The Morgan fingerprint density at radius 1 is 0.973 bits per heavy atom. The summed E-state index contributed by atoms with van der Waals surface area (Å²) in [7, 11) is 4.71. The molecule has 1 aliphatic rings. The van der Waals surface area contributed by atoms with Gasteiger partial charge in [0.05, 0.1) is 43.8 Å². The Morgan fingerprint density at radius 2 is 1.73 bits per heavy atom. The number of hydrogen-bond acceptors (Lipinski definition) is 7. The highest BCUT2D eigenvalue weighted by Crippen LogP contribution is 2.41. The zero-order valence-electron chi connectivity index (χ0n) is 20.8. The van der Waals surface area contributed by atoms with Gasteiger partial charge in [0.25, 0.3) is 0 Å². The number of nitrogens with one attached hydrogen (secondary N) is 1. The van der Waals surface area contributed by atoms with Crippen molar-refractivity contribution in [3.63, 3.8) is 0 Å². The van der Waals surface area contributed by atoms with E-state index in [0.717, 1.165) is 22.4 Å². The highest BCUT2D eigenvalue weighted by Gasteiger charge is 2.28. The molecule has 0 aliphatic heterocycles. The van der Waals surface area contributed by atoms with E-state index >= 15 is 0 Å². The molecule has 2 aromatic carbocycles. The van der Waals surface area contributed by atoms with E-state index in [1.165, 1.54) is 0 Å². The summed E-state index contributed by atoms with van der Waals surface area (Å²) in [6.07, 6.45) is 4.98. The molecule has 2 heterocycles. The normalized spacial score (nSPS) is 13.4. The summed E-state index contributed by atoms with van der Waals surface area (Å²) >= 11 is 0. The first-order valence-electron chi connectivity index (χ1n) is 11.8. The first-order chi connectivity index (χ1) is 18.0. The van der Waals surface area contributed by atoms with Crippen LogP contribution in [0.3, 0.4) is 0 Å². The number of aromatic nitrogens is 2. The fourth-order valence-electron chi connectivity index (χ4n) is 4.68. The van der Waals surface area contributed by atoms with Crippen LogP contribution in [0.2, 0.25) is 0 Å². The number of fused-ring (bicyclic) bond motifs is 2. The molecule has 0 unspecified atom stereocenters. The zero-order chi connectivity index (χ0) is 25.9. The number of esters is 1. The van der Waals surface area contributed by atoms with Crippen LogP contribution < -0.4 is 14.2 Å².